The van der Waals surface area contributed by atoms with Crippen molar-refractivity contribution in [1.29, 1.82) is 0 Å². The standard InChI is InChI=1S/C18H24F3N5O/c19-18(20,21)11-25-10-6-15(17(25)27)24-8-4-14(5-9-24)26(13-1-2-13)16-3-7-22-12-23-16/h3,7,12-15H,1-2,4-6,8-11H2. The first kappa shape index (κ1) is 18.5. The lowest BCUT2D eigenvalue weighted by Crippen LogP contribution is -2.51. The highest BCUT2D eigenvalue weighted by atomic mass is 19.4. The highest BCUT2D eigenvalue weighted by molar-refractivity contribution is 5.84. The van der Waals surface area contributed by atoms with Gasteiger partial charge in [0.1, 0.15) is 18.7 Å². The summed E-state index contributed by atoms with van der Waals surface area (Å²) < 4.78 is 37.8. The number of halogens is 3. The third-order valence-corrected chi connectivity index (χ3v) is 5.74. The van der Waals surface area contributed by atoms with Crippen molar-refractivity contribution >= 4 is 11.7 Å². The Balaban J connectivity index is 1.36. The van der Waals surface area contributed by atoms with E-state index in [1.807, 2.05) is 6.07 Å². The normalized spacial score (nSPS) is 25.2. The molecule has 3 aliphatic rings. The lowest BCUT2D eigenvalue weighted by Gasteiger charge is -2.41. The number of likely N-dealkylation sites (tertiary alicyclic amines) is 2. The van der Waals surface area contributed by atoms with Crippen molar-refractivity contribution < 1.29 is 18.0 Å². The Morgan fingerprint density at radius 1 is 1.07 bits per heavy atom. The predicted octanol–water partition coefficient (Wildman–Crippen LogP) is 2.07. The van der Waals surface area contributed by atoms with Crippen LogP contribution in [0.15, 0.2) is 18.6 Å². The smallest absolute Gasteiger partial charge is 0.350 e. The number of hydrogen-bond acceptors (Lipinski definition) is 5. The van der Waals surface area contributed by atoms with Crippen molar-refractivity contribution in [3.05, 3.63) is 18.6 Å². The molecule has 3 heterocycles. The van der Waals surface area contributed by atoms with Crippen LogP contribution in [0.1, 0.15) is 32.1 Å². The zero-order chi connectivity index (χ0) is 19.0. The maximum absolute atomic E-state index is 12.6. The first-order valence-corrected chi connectivity index (χ1v) is 9.56. The maximum atomic E-state index is 12.6. The number of alkyl halides is 3. The Hall–Kier alpha value is -1.90. The Kier molecular flexibility index (Phi) is 4.96. The molecule has 0 aromatic carbocycles. The predicted molar refractivity (Wildman–Crippen MR) is 93.2 cm³/mol. The van der Waals surface area contributed by atoms with Crippen LogP contribution < -0.4 is 4.90 Å². The minimum Gasteiger partial charge on any atom is -0.350 e. The van der Waals surface area contributed by atoms with E-state index < -0.39 is 18.8 Å². The van der Waals surface area contributed by atoms with Gasteiger partial charge in [0.15, 0.2) is 0 Å². The molecule has 1 aromatic rings. The third-order valence-electron chi connectivity index (χ3n) is 5.74. The summed E-state index contributed by atoms with van der Waals surface area (Å²) in [7, 11) is 0. The van der Waals surface area contributed by atoms with Crippen LogP contribution in [-0.4, -0.2) is 76.2 Å². The number of aromatic nitrogens is 2. The van der Waals surface area contributed by atoms with Crippen LogP contribution in [0.5, 0.6) is 0 Å². The average molecular weight is 383 g/mol. The van der Waals surface area contributed by atoms with Crippen molar-refractivity contribution in [1.82, 2.24) is 19.8 Å². The highest BCUT2D eigenvalue weighted by Crippen LogP contribution is 2.35. The third kappa shape index (κ3) is 4.17. The maximum Gasteiger partial charge on any atom is 0.406 e. The van der Waals surface area contributed by atoms with Gasteiger partial charge in [-0.2, -0.15) is 13.2 Å². The van der Waals surface area contributed by atoms with E-state index in [2.05, 4.69) is 19.8 Å². The van der Waals surface area contributed by atoms with Gasteiger partial charge in [0, 0.05) is 37.9 Å². The Morgan fingerprint density at radius 2 is 1.78 bits per heavy atom. The van der Waals surface area contributed by atoms with Gasteiger partial charge in [-0.15, -0.1) is 0 Å². The average Bonchev–Trinajstić information content (AvgIpc) is 3.41. The van der Waals surface area contributed by atoms with Crippen LogP contribution >= 0.6 is 0 Å². The molecule has 6 nitrogen and oxygen atoms in total. The van der Waals surface area contributed by atoms with Gasteiger partial charge in [0.2, 0.25) is 5.91 Å². The van der Waals surface area contributed by atoms with Gasteiger partial charge in [-0.1, -0.05) is 0 Å². The summed E-state index contributed by atoms with van der Waals surface area (Å²) in [6.07, 6.45) is 3.58. The van der Waals surface area contributed by atoms with Crippen LogP contribution in [-0.2, 0) is 4.79 Å². The van der Waals surface area contributed by atoms with Gasteiger partial charge in [-0.05, 0) is 38.2 Å². The molecule has 0 N–H and O–H groups in total. The van der Waals surface area contributed by atoms with Crippen LogP contribution in [0.3, 0.4) is 0 Å². The molecule has 27 heavy (non-hydrogen) atoms. The molecule has 148 valence electrons. The highest BCUT2D eigenvalue weighted by Gasteiger charge is 2.43. The van der Waals surface area contributed by atoms with Crippen LogP contribution in [0, 0.1) is 0 Å². The fourth-order valence-corrected chi connectivity index (χ4v) is 4.37. The molecule has 1 saturated carbocycles. The topological polar surface area (TPSA) is 52.6 Å². The van der Waals surface area contributed by atoms with Gasteiger partial charge >= 0.3 is 6.18 Å². The summed E-state index contributed by atoms with van der Waals surface area (Å²) in [5, 5.41) is 0. The molecule has 0 bridgehead atoms. The first-order chi connectivity index (χ1) is 12.9. The second-order valence-corrected chi connectivity index (χ2v) is 7.65. The van der Waals surface area contributed by atoms with Gasteiger partial charge in [0.25, 0.3) is 0 Å². The van der Waals surface area contributed by atoms with Gasteiger partial charge < -0.3 is 9.80 Å². The van der Waals surface area contributed by atoms with E-state index in [0.29, 0.717) is 18.5 Å². The lowest BCUT2D eigenvalue weighted by atomic mass is 10.0. The molecule has 0 spiro atoms. The molecule has 1 unspecified atom stereocenters. The van der Waals surface area contributed by atoms with Gasteiger partial charge in [-0.25, -0.2) is 9.97 Å². The number of carbonyl (C=O) groups is 1. The fourth-order valence-electron chi connectivity index (χ4n) is 4.37. The molecule has 0 radical (unpaired) electrons. The summed E-state index contributed by atoms with van der Waals surface area (Å²) in [5.74, 6) is 0.569. The second kappa shape index (κ2) is 7.26. The number of piperidine rings is 1. The quantitative estimate of drug-likeness (QED) is 0.779. The molecule has 3 fully saturated rings. The minimum absolute atomic E-state index is 0.193. The number of hydrogen-bond donors (Lipinski definition) is 0. The van der Waals surface area contributed by atoms with E-state index in [1.54, 1.807) is 12.5 Å². The van der Waals surface area contributed by atoms with E-state index in [1.165, 1.54) is 0 Å². The van der Waals surface area contributed by atoms with Crippen LogP contribution in [0.2, 0.25) is 0 Å². The molecule has 1 aliphatic carbocycles. The number of rotatable bonds is 5. The molecule has 1 amide bonds. The van der Waals surface area contributed by atoms with Gasteiger partial charge in [-0.3, -0.25) is 9.69 Å². The van der Waals surface area contributed by atoms with Crippen LogP contribution in [0.4, 0.5) is 19.0 Å². The Morgan fingerprint density at radius 3 is 2.37 bits per heavy atom. The summed E-state index contributed by atoms with van der Waals surface area (Å²) in [6.45, 7) is 0.518. The molecule has 2 aliphatic heterocycles. The molecule has 1 atom stereocenters. The SMILES string of the molecule is O=C1C(N2CCC(N(c3ccncn3)C3CC3)CC2)CCN1CC(F)(F)F. The zero-order valence-electron chi connectivity index (χ0n) is 15.1. The number of anilines is 1. The van der Waals surface area contributed by atoms with Crippen molar-refractivity contribution in [2.45, 2.75) is 56.4 Å². The van der Waals surface area contributed by atoms with Crippen molar-refractivity contribution in [3.63, 3.8) is 0 Å². The molecule has 1 aromatic heterocycles. The lowest BCUT2D eigenvalue weighted by molar-refractivity contribution is -0.159. The summed E-state index contributed by atoms with van der Waals surface area (Å²) in [4.78, 5) is 26.2. The van der Waals surface area contributed by atoms with Crippen molar-refractivity contribution in [2.75, 3.05) is 31.1 Å². The molecule has 4 rings (SSSR count). The number of nitrogens with zero attached hydrogens (tertiary/aromatic N) is 5. The van der Waals surface area contributed by atoms with E-state index in [-0.39, 0.29) is 12.5 Å². The fraction of sp³-hybridized carbons (Fsp3) is 0.722. The van der Waals surface area contributed by atoms with Crippen molar-refractivity contribution in [3.8, 4) is 0 Å². The van der Waals surface area contributed by atoms with Crippen LogP contribution in [0.25, 0.3) is 0 Å². The van der Waals surface area contributed by atoms with E-state index in [9.17, 15) is 18.0 Å². The summed E-state index contributed by atoms with van der Waals surface area (Å²) in [5.41, 5.74) is 0. The minimum atomic E-state index is -4.33. The molecular formula is C18H24F3N5O. The molecule has 9 heteroatoms. The Labute approximate surface area is 156 Å². The monoisotopic (exact) mass is 383 g/mol. The van der Waals surface area contributed by atoms with Crippen molar-refractivity contribution in [2.24, 2.45) is 0 Å². The summed E-state index contributed by atoms with van der Waals surface area (Å²) in [6, 6.07) is 2.40. The van der Waals surface area contributed by atoms with E-state index in [4.69, 9.17) is 0 Å². The zero-order valence-corrected chi connectivity index (χ0v) is 15.1. The van der Waals surface area contributed by atoms with E-state index in [0.717, 1.165) is 49.5 Å². The molecule has 2 saturated heterocycles. The Bertz CT molecular complexity index is 659. The van der Waals surface area contributed by atoms with E-state index >= 15 is 0 Å². The first-order valence-electron chi connectivity index (χ1n) is 9.56. The number of amides is 1. The second-order valence-electron chi connectivity index (χ2n) is 7.65. The number of carbonyl (C=O) groups excluding carboxylic acids is 1. The summed E-state index contributed by atoms with van der Waals surface area (Å²) >= 11 is 0. The molecular weight excluding hydrogens is 359 g/mol. The largest absolute Gasteiger partial charge is 0.406 e. The van der Waals surface area contributed by atoms with Gasteiger partial charge in [0.05, 0.1) is 6.04 Å².